The summed E-state index contributed by atoms with van der Waals surface area (Å²) in [6.45, 7) is 1.40. The van der Waals surface area contributed by atoms with Crippen molar-refractivity contribution in [3.63, 3.8) is 0 Å². The molecule has 2 aromatic rings. The largest absolute Gasteiger partial charge is 0.452 e. The second kappa shape index (κ2) is 8.82. The third-order valence-electron chi connectivity index (χ3n) is 3.05. The van der Waals surface area contributed by atoms with Gasteiger partial charge in [-0.05, 0) is 37.3 Å². The summed E-state index contributed by atoms with van der Waals surface area (Å²) in [6, 6.07) is 9.57. The fraction of sp³-hybridized carbons (Fsp3) is 0.176. The number of hydrogen-bond acceptors (Lipinski definition) is 4. The highest BCUT2D eigenvalue weighted by molar-refractivity contribution is 8.00. The summed E-state index contributed by atoms with van der Waals surface area (Å²) >= 11 is 6.72. The molecule has 4 nitrogen and oxygen atoms in total. The Balaban J connectivity index is 1.86. The maximum Gasteiger partial charge on any atom is 0.317 e. The summed E-state index contributed by atoms with van der Waals surface area (Å²) in [6.07, 6.45) is -1.07. The van der Waals surface area contributed by atoms with Crippen molar-refractivity contribution >= 4 is 40.9 Å². The molecule has 0 aromatic heterocycles. The Morgan fingerprint density at radius 2 is 1.96 bits per heavy atom. The van der Waals surface area contributed by atoms with E-state index >= 15 is 0 Å². The second-order valence-corrected chi connectivity index (χ2v) is 6.39. The normalized spacial score (nSPS) is 11.7. The van der Waals surface area contributed by atoms with Crippen molar-refractivity contribution in [1.82, 2.24) is 0 Å². The van der Waals surface area contributed by atoms with Crippen LogP contribution in [0, 0.1) is 11.6 Å². The molecule has 2 aromatic carbocycles. The van der Waals surface area contributed by atoms with E-state index in [0.29, 0.717) is 10.7 Å². The molecule has 0 bridgehead atoms. The van der Waals surface area contributed by atoms with Crippen molar-refractivity contribution in [2.75, 3.05) is 11.1 Å². The van der Waals surface area contributed by atoms with Crippen LogP contribution in [0.2, 0.25) is 5.02 Å². The molecule has 0 aliphatic rings. The number of para-hydroxylation sites is 1. The molecule has 0 saturated heterocycles. The highest BCUT2D eigenvalue weighted by Crippen LogP contribution is 2.23. The van der Waals surface area contributed by atoms with Gasteiger partial charge < -0.3 is 10.1 Å². The number of carbonyl (C=O) groups excluding carboxylic acids is 2. The molecule has 0 fully saturated rings. The number of hydrogen-bond donors (Lipinski definition) is 1. The number of benzene rings is 2. The lowest BCUT2D eigenvalue weighted by Gasteiger charge is -2.14. The lowest BCUT2D eigenvalue weighted by molar-refractivity contribution is -0.150. The predicted molar refractivity (Wildman–Crippen MR) is 92.7 cm³/mol. The Hall–Kier alpha value is -2.12. The van der Waals surface area contributed by atoms with E-state index < -0.39 is 29.6 Å². The maximum absolute atomic E-state index is 13.5. The summed E-state index contributed by atoms with van der Waals surface area (Å²) in [4.78, 5) is 23.8. The van der Waals surface area contributed by atoms with Gasteiger partial charge in [0.2, 0.25) is 0 Å². The number of thioether (sulfide) groups is 1. The zero-order chi connectivity index (χ0) is 18.4. The zero-order valence-electron chi connectivity index (χ0n) is 13.1. The van der Waals surface area contributed by atoms with Crippen LogP contribution in [0.25, 0.3) is 0 Å². The molecule has 1 atom stereocenters. The molecule has 0 aliphatic heterocycles. The van der Waals surface area contributed by atoms with Crippen molar-refractivity contribution in [2.45, 2.75) is 17.9 Å². The fourth-order valence-electron chi connectivity index (χ4n) is 1.81. The van der Waals surface area contributed by atoms with E-state index in [9.17, 15) is 18.4 Å². The van der Waals surface area contributed by atoms with Crippen molar-refractivity contribution in [2.24, 2.45) is 0 Å². The third kappa shape index (κ3) is 5.72. The summed E-state index contributed by atoms with van der Waals surface area (Å²) < 4.78 is 31.5. The Morgan fingerprint density at radius 3 is 2.68 bits per heavy atom. The molecule has 8 heteroatoms. The average Bonchev–Trinajstić information content (AvgIpc) is 2.57. The molecule has 0 saturated carbocycles. The van der Waals surface area contributed by atoms with Gasteiger partial charge in [-0.15, -0.1) is 11.8 Å². The number of esters is 1. The molecule has 0 aliphatic carbocycles. The smallest absolute Gasteiger partial charge is 0.317 e. The van der Waals surface area contributed by atoms with Gasteiger partial charge in [-0.1, -0.05) is 23.7 Å². The summed E-state index contributed by atoms with van der Waals surface area (Å²) in [7, 11) is 0. The van der Waals surface area contributed by atoms with Gasteiger partial charge in [-0.2, -0.15) is 0 Å². The quantitative estimate of drug-likeness (QED) is 0.595. The molecule has 1 N–H and O–H groups in total. The van der Waals surface area contributed by atoms with Crippen LogP contribution in [0.5, 0.6) is 0 Å². The topological polar surface area (TPSA) is 55.4 Å². The first-order valence-corrected chi connectivity index (χ1v) is 8.56. The van der Waals surface area contributed by atoms with Gasteiger partial charge in [0.15, 0.2) is 6.10 Å². The maximum atomic E-state index is 13.5. The summed E-state index contributed by atoms with van der Waals surface area (Å²) in [5.74, 6) is -2.78. The van der Waals surface area contributed by atoms with E-state index in [1.54, 1.807) is 24.3 Å². The predicted octanol–water partition coefficient (Wildman–Crippen LogP) is 4.28. The Bertz CT molecular complexity index is 788. The Labute approximate surface area is 152 Å². The van der Waals surface area contributed by atoms with E-state index in [0.717, 1.165) is 30.0 Å². The minimum Gasteiger partial charge on any atom is -0.452 e. The minimum atomic E-state index is -1.07. The molecule has 0 heterocycles. The molecule has 1 amide bonds. The summed E-state index contributed by atoms with van der Waals surface area (Å²) in [5, 5.41) is 2.89. The standard InChI is InChI=1S/C17H14ClF2NO3S/c1-10(17(23)21-14-5-3-2-4-12(14)18)24-16(22)9-25-15-8-11(19)6-7-13(15)20/h2-8,10H,9H2,1H3,(H,21,23)/t10-/m0/s1. The molecule has 2 rings (SSSR count). The van der Waals surface area contributed by atoms with Crippen LogP contribution in [-0.4, -0.2) is 23.7 Å². The van der Waals surface area contributed by atoms with Crippen LogP contribution < -0.4 is 5.32 Å². The number of rotatable bonds is 6. The van der Waals surface area contributed by atoms with Gasteiger partial charge in [0.1, 0.15) is 11.6 Å². The van der Waals surface area contributed by atoms with Crippen LogP contribution in [0.15, 0.2) is 47.4 Å². The van der Waals surface area contributed by atoms with E-state index in [1.807, 2.05) is 0 Å². The molecule has 25 heavy (non-hydrogen) atoms. The van der Waals surface area contributed by atoms with Crippen LogP contribution in [0.4, 0.5) is 14.5 Å². The van der Waals surface area contributed by atoms with Crippen molar-refractivity contribution in [3.8, 4) is 0 Å². The Morgan fingerprint density at radius 1 is 1.24 bits per heavy atom. The molecular formula is C17H14ClF2NO3S. The lowest BCUT2D eigenvalue weighted by atomic mass is 10.3. The first kappa shape index (κ1) is 19.2. The van der Waals surface area contributed by atoms with Crippen LogP contribution in [-0.2, 0) is 14.3 Å². The summed E-state index contributed by atoms with van der Waals surface area (Å²) in [5.41, 5.74) is 0.397. The van der Waals surface area contributed by atoms with E-state index in [-0.39, 0.29) is 10.6 Å². The minimum absolute atomic E-state index is 0.00915. The Kier molecular flexibility index (Phi) is 6.78. The number of anilines is 1. The molecular weight excluding hydrogens is 372 g/mol. The molecule has 0 unspecified atom stereocenters. The number of nitrogens with one attached hydrogen (secondary N) is 1. The zero-order valence-corrected chi connectivity index (χ0v) is 14.7. The van der Waals surface area contributed by atoms with E-state index in [1.165, 1.54) is 6.92 Å². The van der Waals surface area contributed by atoms with Gasteiger partial charge in [-0.3, -0.25) is 9.59 Å². The van der Waals surface area contributed by atoms with Crippen LogP contribution in [0.3, 0.4) is 0 Å². The fourth-order valence-corrected chi connectivity index (χ4v) is 2.73. The van der Waals surface area contributed by atoms with E-state index in [4.69, 9.17) is 16.3 Å². The highest BCUT2D eigenvalue weighted by Gasteiger charge is 2.19. The number of halogens is 3. The number of amides is 1. The van der Waals surface area contributed by atoms with Gasteiger partial charge >= 0.3 is 5.97 Å². The molecule has 132 valence electrons. The van der Waals surface area contributed by atoms with Gasteiger partial charge in [0, 0.05) is 4.90 Å². The SMILES string of the molecule is C[C@H](OC(=O)CSc1cc(F)ccc1F)C(=O)Nc1ccccc1Cl. The molecule has 0 spiro atoms. The molecule has 0 radical (unpaired) electrons. The van der Waals surface area contributed by atoms with Crippen LogP contribution in [0.1, 0.15) is 6.92 Å². The van der Waals surface area contributed by atoms with Gasteiger partial charge in [0.05, 0.1) is 16.5 Å². The van der Waals surface area contributed by atoms with Crippen molar-refractivity contribution < 1.29 is 23.1 Å². The second-order valence-electron chi connectivity index (χ2n) is 4.96. The third-order valence-corrected chi connectivity index (χ3v) is 4.38. The lowest BCUT2D eigenvalue weighted by Crippen LogP contribution is -2.30. The first-order chi connectivity index (χ1) is 11.9. The highest BCUT2D eigenvalue weighted by atomic mass is 35.5. The van der Waals surface area contributed by atoms with Crippen molar-refractivity contribution in [1.29, 1.82) is 0 Å². The van der Waals surface area contributed by atoms with Gasteiger partial charge in [0.25, 0.3) is 5.91 Å². The van der Waals surface area contributed by atoms with Crippen molar-refractivity contribution in [3.05, 3.63) is 59.1 Å². The number of ether oxygens (including phenoxy) is 1. The average molecular weight is 386 g/mol. The number of carbonyl (C=O) groups is 2. The van der Waals surface area contributed by atoms with Crippen LogP contribution >= 0.6 is 23.4 Å². The monoisotopic (exact) mass is 385 g/mol. The van der Waals surface area contributed by atoms with Gasteiger partial charge in [-0.25, -0.2) is 8.78 Å². The van der Waals surface area contributed by atoms with E-state index in [2.05, 4.69) is 5.32 Å². The first-order valence-electron chi connectivity index (χ1n) is 7.19.